The summed E-state index contributed by atoms with van der Waals surface area (Å²) in [4.78, 5) is 12.9. The lowest BCUT2D eigenvalue weighted by Gasteiger charge is -2.05. The number of aryl methyl sites for hydroxylation is 2. The van der Waals surface area contributed by atoms with Gasteiger partial charge in [-0.3, -0.25) is 0 Å². The molecule has 19 heavy (non-hydrogen) atoms. The van der Waals surface area contributed by atoms with E-state index in [4.69, 9.17) is 5.73 Å². The van der Waals surface area contributed by atoms with Crippen molar-refractivity contribution < 1.29 is 0 Å². The first-order chi connectivity index (χ1) is 9.15. The van der Waals surface area contributed by atoms with Gasteiger partial charge >= 0.3 is 0 Å². The van der Waals surface area contributed by atoms with E-state index in [1.54, 1.807) is 6.20 Å². The molecule has 2 N–H and O–H groups in total. The van der Waals surface area contributed by atoms with Gasteiger partial charge in [0.15, 0.2) is 0 Å². The van der Waals surface area contributed by atoms with E-state index in [1.165, 1.54) is 0 Å². The van der Waals surface area contributed by atoms with Crippen molar-refractivity contribution in [3.05, 3.63) is 47.5 Å². The predicted octanol–water partition coefficient (Wildman–Crippen LogP) is 1.84. The van der Waals surface area contributed by atoms with Crippen LogP contribution in [0.15, 0.2) is 30.5 Å². The number of rotatable bonds is 2. The monoisotopic (exact) mass is 253 g/mol. The van der Waals surface area contributed by atoms with E-state index in [9.17, 15) is 0 Å². The zero-order chi connectivity index (χ0) is 13.4. The number of hydrogen-bond acceptors (Lipinski definition) is 4. The average Bonchev–Trinajstić information content (AvgIpc) is 2.72. The van der Waals surface area contributed by atoms with Gasteiger partial charge in [0.05, 0.1) is 16.7 Å². The van der Waals surface area contributed by atoms with Crippen LogP contribution in [0.3, 0.4) is 0 Å². The van der Waals surface area contributed by atoms with E-state index >= 15 is 0 Å². The molecule has 0 amide bonds. The molecule has 2 aromatic heterocycles. The van der Waals surface area contributed by atoms with Gasteiger partial charge in [0.25, 0.3) is 0 Å². The Morgan fingerprint density at radius 1 is 1.21 bits per heavy atom. The Morgan fingerprint density at radius 3 is 2.79 bits per heavy atom. The maximum absolute atomic E-state index is 5.64. The van der Waals surface area contributed by atoms with Gasteiger partial charge in [-0.05, 0) is 24.6 Å². The lowest BCUT2D eigenvalue weighted by molar-refractivity contribution is 0.826. The molecule has 5 nitrogen and oxygen atoms in total. The lowest BCUT2D eigenvalue weighted by atomic mass is 10.2. The number of nitrogens with zero attached hydrogens (tertiary/aromatic N) is 4. The number of para-hydroxylation sites is 2. The molecule has 0 radical (unpaired) electrons. The van der Waals surface area contributed by atoms with Crippen molar-refractivity contribution in [3.63, 3.8) is 0 Å². The van der Waals surface area contributed by atoms with E-state index in [2.05, 4.69) is 25.6 Å². The molecular weight excluding hydrogens is 238 g/mol. The van der Waals surface area contributed by atoms with Crippen molar-refractivity contribution in [1.29, 1.82) is 0 Å². The predicted molar refractivity (Wildman–Crippen MR) is 74.7 cm³/mol. The standard InChI is InChI=1S/C14H15N5/c1-9-8-16-14(15)18-11(9)7-13-17-10-5-3-4-6-12(10)19(13)2/h3-6,8H,7H2,1-2H3,(H2,15,16,18). The van der Waals surface area contributed by atoms with Gasteiger partial charge in [-0.15, -0.1) is 0 Å². The van der Waals surface area contributed by atoms with Crippen LogP contribution in [-0.2, 0) is 13.5 Å². The Hall–Kier alpha value is -2.43. The van der Waals surface area contributed by atoms with E-state index in [0.717, 1.165) is 28.1 Å². The molecule has 0 atom stereocenters. The minimum Gasteiger partial charge on any atom is -0.368 e. The van der Waals surface area contributed by atoms with Crippen molar-refractivity contribution in [3.8, 4) is 0 Å². The second kappa shape index (κ2) is 4.35. The van der Waals surface area contributed by atoms with Gasteiger partial charge < -0.3 is 10.3 Å². The first kappa shape index (κ1) is 11.6. The third kappa shape index (κ3) is 2.03. The van der Waals surface area contributed by atoms with E-state index in [-0.39, 0.29) is 0 Å². The van der Waals surface area contributed by atoms with Crippen molar-refractivity contribution in [2.24, 2.45) is 7.05 Å². The maximum Gasteiger partial charge on any atom is 0.220 e. The summed E-state index contributed by atoms with van der Waals surface area (Å²) in [7, 11) is 2.02. The van der Waals surface area contributed by atoms with Crippen LogP contribution < -0.4 is 5.73 Å². The molecule has 3 aromatic rings. The summed E-state index contributed by atoms with van der Waals surface area (Å²) in [6, 6.07) is 8.09. The zero-order valence-electron chi connectivity index (χ0n) is 11.0. The zero-order valence-corrected chi connectivity index (χ0v) is 11.0. The summed E-state index contributed by atoms with van der Waals surface area (Å²) >= 11 is 0. The number of fused-ring (bicyclic) bond motifs is 1. The molecule has 0 unspecified atom stereocenters. The lowest BCUT2D eigenvalue weighted by Crippen LogP contribution is -2.05. The fourth-order valence-electron chi connectivity index (χ4n) is 2.18. The van der Waals surface area contributed by atoms with Crippen LogP contribution in [0.2, 0.25) is 0 Å². The summed E-state index contributed by atoms with van der Waals surface area (Å²) in [5, 5.41) is 0. The average molecular weight is 253 g/mol. The second-order valence-electron chi connectivity index (χ2n) is 4.61. The summed E-state index contributed by atoms with van der Waals surface area (Å²) < 4.78 is 2.09. The highest BCUT2D eigenvalue weighted by Gasteiger charge is 2.10. The molecule has 0 fully saturated rings. The molecule has 0 spiro atoms. The molecule has 1 aromatic carbocycles. The molecule has 3 rings (SSSR count). The third-order valence-corrected chi connectivity index (χ3v) is 3.30. The van der Waals surface area contributed by atoms with E-state index in [0.29, 0.717) is 12.4 Å². The number of nitrogens with two attached hydrogens (primary N) is 1. The molecule has 2 heterocycles. The van der Waals surface area contributed by atoms with Crippen LogP contribution in [0.25, 0.3) is 11.0 Å². The van der Waals surface area contributed by atoms with Crippen molar-refractivity contribution in [2.75, 3.05) is 5.73 Å². The van der Waals surface area contributed by atoms with Crippen LogP contribution in [0, 0.1) is 6.92 Å². The summed E-state index contributed by atoms with van der Waals surface area (Å²) in [5.74, 6) is 1.28. The Balaban J connectivity index is 2.06. The number of anilines is 1. The van der Waals surface area contributed by atoms with Crippen molar-refractivity contribution >= 4 is 17.0 Å². The molecular formula is C14H15N5. The first-order valence-corrected chi connectivity index (χ1v) is 6.13. The van der Waals surface area contributed by atoms with Gasteiger partial charge in [0, 0.05) is 19.7 Å². The number of aromatic nitrogens is 4. The largest absolute Gasteiger partial charge is 0.368 e. The Morgan fingerprint density at radius 2 is 2.00 bits per heavy atom. The Labute approximate surface area is 111 Å². The summed E-state index contributed by atoms with van der Waals surface area (Å²) in [5.41, 5.74) is 9.72. The van der Waals surface area contributed by atoms with Crippen molar-refractivity contribution in [2.45, 2.75) is 13.3 Å². The first-order valence-electron chi connectivity index (χ1n) is 6.13. The van der Waals surface area contributed by atoms with Crippen molar-refractivity contribution in [1.82, 2.24) is 19.5 Å². The molecule has 5 heteroatoms. The molecule has 0 aliphatic rings. The number of hydrogen-bond donors (Lipinski definition) is 1. The van der Waals surface area contributed by atoms with Crippen LogP contribution in [0.4, 0.5) is 5.95 Å². The topological polar surface area (TPSA) is 69.6 Å². The highest BCUT2D eigenvalue weighted by molar-refractivity contribution is 5.75. The minimum atomic E-state index is 0.305. The van der Waals surface area contributed by atoms with Gasteiger partial charge in [-0.25, -0.2) is 15.0 Å². The van der Waals surface area contributed by atoms with Gasteiger partial charge in [0.2, 0.25) is 5.95 Å². The Kier molecular flexibility index (Phi) is 2.67. The van der Waals surface area contributed by atoms with Crippen LogP contribution in [-0.4, -0.2) is 19.5 Å². The summed E-state index contributed by atoms with van der Waals surface area (Å²) in [6.07, 6.45) is 2.41. The van der Waals surface area contributed by atoms with Gasteiger partial charge in [-0.2, -0.15) is 0 Å². The van der Waals surface area contributed by atoms with Gasteiger partial charge in [-0.1, -0.05) is 12.1 Å². The van der Waals surface area contributed by atoms with Crippen LogP contribution >= 0.6 is 0 Å². The fourth-order valence-corrected chi connectivity index (χ4v) is 2.18. The molecule has 0 saturated heterocycles. The van der Waals surface area contributed by atoms with Gasteiger partial charge in [0.1, 0.15) is 5.82 Å². The number of nitrogen functional groups attached to an aromatic ring is 1. The molecule has 0 saturated carbocycles. The highest BCUT2D eigenvalue weighted by atomic mass is 15.1. The quantitative estimate of drug-likeness (QED) is 0.756. The Bertz CT molecular complexity index is 745. The van der Waals surface area contributed by atoms with Crippen LogP contribution in [0.5, 0.6) is 0 Å². The SMILES string of the molecule is Cc1cnc(N)nc1Cc1nc2ccccc2n1C. The molecule has 0 aliphatic carbocycles. The minimum absolute atomic E-state index is 0.305. The van der Waals surface area contributed by atoms with Crippen LogP contribution in [0.1, 0.15) is 17.1 Å². The fraction of sp³-hybridized carbons (Fsp3) is 0.214. The molecule has 0 bridgehead atoms. The third-order valence-electron chi connectivity index (χ3n) is 3.30. The molecule has 96 valence electrons. The summed E-state index contributed by atoms with van der Waals surface area (Å²) in [6.45, 7) is 1.98. The second-order valence-corrected chi connectivity index (χ2v) is 4.61. The number of imidazole rings is 1. The van der Waals surface area contributed by atoms with E-state index in [1.807, 2.05) is 32.2 Å². The maximum atomic E-state index is 5.64. The highest BCUT2D eigenvalue weighted by Crippen LogP contribution is 2.17. The molecule has 0 aliphatic heterocycles. The number of benzene rings is 1. The van der Waals surface area contributed by atoms with E-state index < -0.39 is 0 Å². The smallest absolute Gasteiger partial charge is 0.220 e. The normalized spacial score (nSPS) is 11.1.